The Hall–Kier alpha value is -0.860. The summed E-state index contributed by atoms with van der Waals surface area (Å²) in [7, 11) is 0. The smallest absolute Gasteiger partial charge is 0.0689 e. The van der Waals surface area contributed by atoms with Gasteiger partial charge >= 0.3 is 0 Å². The standard InChI is InChI=1S/C19H28O2/c1-18(20,14-16-8-4-2-5-9-16)17-10-13-21-19(15-17)11-6-3-7-12-19/h2,4-5,8-9,17,20H,3,6-7,10-15H2,1H3. The summed E-state index contributed by atoms with van der Waals surface area (Å²) >= 11 is 0. The molecule has 2 fully saturated rings. The number of hydrogen-bond acceptors (Lipinski definition) is 2. The minimum atomic E-state index is -0.629. The molecule has 0 radical (unpaired) electrons. The molecular weight excluding hydrogens is 260 g/mol. The molecule has 1 aliphatic heterocycles. The third-order valence-corrected chi connectivity index (χ3v) is 5.54. The maximum absolute atomic E-state index is 11.1. The van der Waals surface area contributed by atoms with E-state index in [1.807, 2.05) is 13.0 Å². The van der Waals surface area contributed by atoms with Crippen molar-refractivity contribution < 1.29 is 9.84 Å². The molecule has 2 heteroatoms. The average Bonchev–Trinajstić information content (AvgIpc) is 2.49. The minimum Gasteiger partial charge on any atom is -0.390 e. The van der Waals surface area contributed by atoms with Gasteiger partial charge in [-0.15, -0.1) is 0 Å². The van der Waals surface area contributed by atoms with Crippen LogP contribution in [-0.4, -0.2) is 22.9 Å². The zero-order valence-corrected chi connectivity index (χ0v) is 13.2. The van der Waals surface area contributed by atoms with Crippen LogP contribution in [0.15, 0.2) is 30.3 Å². The van der Waals surface area contributed by atoms with E-state index in [9.17, 15) is 5.11 Å². The number of aliphatic hydroxyl groups is 1. The highest BCUT2D eigenvalue weighted by Crippen LogP contribution is 2.44. The molecule has 21 heavy (non-hydrogen) atoms. The average molecular weight is 288 g/mol. The number of benzene rings is 1. The normalized spacial score (nSPS) is 28.2. The van der Waals surface area contributed by atoms with E-state index in [0.717, 1.165) is 25.9 Å². The maximum atomic E-state index is 11.1. The van der Waals surface area contributed by atoms with Crippen LogP contribution >= 0.6 is 0 Å². The topological polar surface area (TPSA) is 29.5 Å². The van der Waals surface area contributed by atoms with Crippen molar-refractivity contribution in [3.05, 3.63) is 35.9 Å². The molecule has 1 saturated carbocycles. The summed E-state index contributed by atoms with van der Waals surface area (Å²) in [5.41, 5.74) is 0.670. The molecule has 1 spiro atoms. The van der Waals surface area contributed by atoms with Gasteiger partial charge < -0.3 is 9.84 Å². The highest BCUT2D eigenvalue weighted by molar-refractivity contribution is 5.17. The van der Waals surface area contributed by atoms with E-state index in [1.165, 1.54) is 37.7 Å². The summed E-state index contributed by atoms with van der Waals surface area (Å²) in [5.74, 6) is 0.351. The van der Waals surface area contributed by atoms with Crippen LogP contribution in [0.2, 0.25) is 0 Å². The summed E-state index contributed by atoms with van der Waals surface area (Å²) in [6.45, 7) is 2.84. The monoisotopic (exact) mass is 288 g/mol. The fourth-order valence-electron chi connectivity index (χ4n) is 4.26. The van der Waals surface area contributed by atoms with Crippen molar-refractivity contribution in [3.8, 4) is 0 Å². The lowest BCUT2D eigenvalue weighted by Gasteiger charge is -2.47. The van der Waals surface area contributed by atoms with Crippen LogP contribution in [0.5, 0.6) is 0 Å². The van der Waals surface area contributed by atoms with Crippen LogP contribution in [0.3, 0.4) is 0 Å². The second kappa shape index (κ2) is 6.10. The molecule has 2 aliphatic rings. The molecular formula is C19H28O2. The van der Waals surface area contributed by atoms with Gasteiger partial charge in [0.2, 0.25) is 0 Å². The van der Waals surface area contributed by atoms with Gasteiger partial charge in [-0.3, -0.25) is 0 Å². The first-order valence-corrected chi connectivity index (χ1v) is 8.50. The van der Waals surface area contributed by atoms with Crippen LogP contribution < -0.4 is 0 Å². The number of ether oxygens (including phenoxy) is 1. The Morgan fingerprint density at radius 1 is 1.19 bits per heavy atom. The van der Waals surface area contributed by atoms with Gasteiger partial charge in [0.05, 0.1) is 11.2 Å². The highest BCUT2D eigenvalue weighted by atomic mass is 16.5. The van der Waals surface area contributed by atoms with Crippen molar-refractivity contribution in [2.24, 2.45) is 5.92 Å². The van der Waals surface area contributed by atoms with Crippen LogP contribution in [0.25, 0.3) is 0 Å². The first-order chi connectivity index (χ1) is 10.1. The second-order valence-electron chi connectivity index (χ2n) is 7.30. The van der Waals surface area contributed by atoms with Crippen molar-refractivity contribution in [3.63, 3.8) is 0 Å². The van der Waals surface area contributed by atoms with E-state index in [0.29, 0.717) is 5.92 Å². The molecule has 1 aromatic carbocycles. The Kier molecular flexibility index (Phi) is 4.37. The zero-order chi connectivity index (χ0) is 14.8. The molecule has 1 aromatic rings. The molecule has 116 valence electrons. The zero-order valence-electron chi connectivity index (χ0n) is 13.2. The van der Waals surface area contributed by atoms with Crippen LogP contribution in [0.1, 0.15) is 57.4 Å². The van der Waals surface area contributed by atoms with Crippen LogP contribution in [-0.2, 0) is 11.2 Å². The van der Waals surface area contributed by atoms with Crippen LogP contribution in [0.4, 0.5) is 0 Å². The number of rotatable bonds is 3. The summed E-state index contributed by atoms with van der Waals surface area (Å²) < 4.78 is 6.17. The van der Waals surface area contributed by atoms with Gasteiger partial charge in [-0.1, -0.05) is 49.6 Å². The van der Waals surface area contributed by atoms with E-state index in [2.05, 4.69) is 24.3 Å². The highest BCUT2D eigenvalue weighted by Gasteiger charge is 2.44. The molecule has 2 nitrogen and oxygen atoms in total. The van der Waals surface area contributed by atoms with Crippen molar-refractivity contribution in [1.29, 1.82) is 0 Å². The fraction of sp³-hybridized carbons (Fsp3) is 0.684. The molecule has 2 unspecified atom stereocenters. The molecule has 2 atom stereocenters. The Labute approximate surface area is 128 Å². The lowest BCUT2D eigenvalue weighted by atomic mass is 9.70. The third kappa shape index (κ3) is 3.49. The van der Waals surface area contributed by atoms with E-state index < -0.39 is 5.60 Å². The van der Waals surface area contributed by atoms with Crippen molar-refractivity contribution >= 4 is 0 Å². The molecule has 0 amide bonds. The fourth-order valence-corrected chi connectivity index (χ4v) is 4.26. The Balaban J connectivity index is 1.69. The van der Waals surface area contributed by atoms with E-state index in [1.54, 1.807) is 0 Å². The molecule has 1 aliphatic carbocycles. The molecule has 1 N–H and O–H groups in total. The largest absolute Gasteiger partial charge is 0.390 e. The molecule has 1 saturated heterocycles. The third-order valence-electron chi connectivity index (χ3n) is 5.54. The molecule has 1 heterocycles. The summed E-state index contributed by atoms with van der Waals surface area (Å²) in [4.78, 5) is 0. The van der Waals surface area contributed by atoms with Gasteiger partial charge in [0, 0.05) is 13.0 Å². The van der Waals surface area contributed by atoms with Gasteiger partial charge in [0.1, 0.15) is 0 Å². The maximum Gasteiger partial charge on any atom is 0.0689 e. The lowest BCUT2D eigenvalue weighted by molar-refractivity contribution is -0.152. The Morgan fingerprint density at radius 2 is 1.90 bits per heavy atom. The van der Waals surface area contributed by atoms with E-state index in [-0.39, 0.29) is 5.60 Å². The van der Waals surface area contributed by atoms with E-state index >= 15 is 0 Å². The molecule has 0 aromatic heterocycles. The lowest BCUT2D eigenvalue weighted by Crippen LogP contribution is -2.49. The van der Waals surface area contributed by atoms with E-state index in [4.69, 9.17) is 4.74 Å². The Morgan fingerprint density at radius 3 is 2.62 bits per heavy atom. The van der Waals surface area contributed by atoms with Crippen molar-refractivity contribution in [2.75, 3.05) is 6.61 Å². The second-order valence-corrected chi connectivity index (χ2v) is 7.30. The van der Waals surface area contributed by atoms with Crippen molar-refractivity contribution in [2.45, 2.75) is 69.5 Å². The first-order valence-electron chi connectivity index (χ1n) is 8.50. The van der Waals surface area contributed by atoms with Gasteiger partial charge in [-0.05, 0) is 44.1 Å². The first kappa shape index (κ1) is 15.1. The minimum absolute atomic E-state index is 0.0713. The predicted molar refractivity (Wildman–Crippen MR) is 85.3 cm³/mol. The molecule has 0 bridgehead atoms. The predicted octanol–water partition coefficient (Wildman–Crippen LogP) is 4.11. The van der Waals surface area contributed by atoms with Crippen LogP contribution in [0, 0.1) is 5.92 Å². The van der Waals surface area contributed by atoms with Crippen molar-refractivity contribution in [1.82, 2.24) is 0 Å². The SMILES string of the molecule is CC(O)(Cc1ccccc1)C1CCOC2(CCCCC2)C1. The number of hydrogen-bond donors (Lipinski definition) is 1. The van der Waals surface area contributed by atoms with Gasteiger partial charge in [-0.25, -0.2) is 0 Å². The summed E-state index contributed by atoms with van der Waals surface area (Å²) in [5, 5.41) is 11.1. The van der Waals surface area contributed by atoms with Gasteiger partial charge in [0.15, 0.2) is 0 Å². The molecule has 3 rings (SSSR count). The van der Waals surface area contributed by atoms with Gasteiger partial charge in [-0.2, -0.15) is 0 Å². The summed E-state index contributed by atoms with van der Waals surface area (Å²) in [6, 6.07) is 10.4. The summed E-state index contributed by atoms with van der Waals surface area (Å²) in [6.07, 6.45) is 9.05. The quantitative estimate of drug-likeness (QED) is 0.907. The Bertz CT molecular complexity index is 440. The van der Waals surface area contributed by atoms with Gasteiger partial charge in [0.25, 0.3) is 0 Å².